The van der Waals surface area contributed by atoms with Gasteiger partial charge in [-0.25, -0.2) is 15.0 Å². The first-order valence-corrected chi connectivity index (χ1v) is 16.6. The van der Waals surface area contributed by atoms with Crippen molar-refractivity contribution in [3.05, 3.63) is 164 Å². The minimum atomic E-state index is 0.561. The second-order valence-corrected chi connectivity index (χ2v) is 12.4. The summed E-state index contributed by atoms with van der Waals surface area (Å²) in [6, 6.07) is 55.6. The van der Waals surface area contributed by atoms with Crippen LogP contribution in [0.4, 0.5) is 0 Å². The molecule has 0 fully saturated rings. The molecule has 3 heterocycles. The van der Waals surface area contributed by atoms with Crippen LogP contribution in [0.2, 0.25) is 0 Å². The highest BCUT2D eigenvalue weighted by Gasteiger charge is 2.20. The molecule has 0 saturated heterocycles. The molecule has 0 spiro atoms. The van der Waals surface area contributed by atoms with Crippen LogP contribution in [0, 0.1) is 0 Å². The molecule has 3 aromatic heterocycles. The first kappa shape index (κ1) is 28.2. The van der Waals surface area contributed by atoms with Gasteiger partial charge in [0.05, 0.1) is 5.56 Å². The summed E-state index contributed by atoms with van der Waals surface area (Å²) in [4.78, 5) is 14.8. The number of hydrogen-bond acceptors (Lipinski definition) is 5. The third-order valence-corrected chi connectivity index (χ3v) is 9.36. The van der Waals surface area contributed by atoms with Crippen molar-refractivity contribution in [3.8, 4) is 56.4 Å². The predicted molar refractivity (Wildman–Crippen MR) is 202 cm³/mol. The quantitative estimate of drug-likeness (QED) is 0.187. The third kappa shape index (κ3) is 4.60. The number of rotatable bonds is 5. The SMILES string of the molecule is c1ccc(-c2nc(-c3ccccc3)nc(-c3cccc4c3oc3cc(-c5ccc(-c6ccccc6)c6oc7ccccc7c56)ccc34)n2)cc1. The second-order valence-electron chi connectivity index (χ2n) is 12.4. The van der Waals surface area contributed by atoms with Crippen molar-refractivity contribution in [2.24, 2.45) is 0 Å². The summed E-state index contributed by atoms with van der Waals surface area (Å²) in [5, 5.41) is 4.21. The van der Waals surface area contributed by atoms with Crippen molar-refractivity contribution in [2.75, 3.05) is 0 Å². The molecule has 0 amide bonds. The zero-order valence-electron chi connectivity index (χ0n) is 26.7. The summed E-state index contributed by atoms with van der Waals surface area (Å²) in [5.41, 5.74) is 10.2. The molecule has 7 aromatic carbocycles. The fourth-order valence-electron chi connectivity index (χ4n) is 6.98. The molecule has 5 heteroatoms. The van der Waals surface area contributed by atoms with E-state index in [-0.39, 0.29) is 0 Å². The lowest BCUT2D eigenvalue weighted by Gasteiger charge is -2.08. The maximum atomic E-state index is 6.74. The van der Waals surface area contributed by atoms with Crippen LogP contribution in [-0.2, 0) is 0 Å². The Balaban J connectivity index is 1.16. The van der Waals surface area contributed by atoms with Gasteiger partial charge in [-0.1, -0.05) is 133 Å². The Morgan fingerprint density at radius 1 is 0.320 bits per heavy atom. The number of furan rings is 2. The van der Waals surface area contributed by atoms with E-state index < -0.39 is 0 Å². The number of fused-ring (bicyclic) bond motifs is 6. The van der Waals surface area contributed by atoms with Gasteiger partial charge in [-0.05, 0) is 47.0 Å². The van der Waals surface area contributed by atoms with Crippen molar-refractivity contribution in [2.45, 2.75) is 0 Å². The highest BCUT2D eigenvalue weighted by Crippen LogP contribution is 2.43. The van der Waals surface area contributed by atoms with Crippen LogP contribution in [0.15, 0.2) is 173 Å². The van der Waals surface area contributed by atoms with E-state index in [4.69, 9.17) is 23.8 Å². The smallest absolute Gasteiger partial charge is 0.167 e. The van der Waals surface area contributed by atoms with Crippen LogP contribution in [0.25, 0.3) is 100 Å². The molecule has 50 heavy (non-hydrogen) atoms. The molecule has 234 valence electrons. The van der Waals surface area contributed by atoms with Crippen LogP contribution in [-0.4, -0.2) is 15.0 Å². The van der Waals surface area contributed by atoms with E-state index in [1.165, 1.54) is 0 Å². The van der Waals surface area contributed by atoms with Gasteiger partial charge < -0.3 is 8.83 Å². The molecule has 0 radical (unpaired) electrons. The molecule has 0 atom stereocenters. The van der Waals surface area contributed by atoms with Gasteiger partial charge >= 0.3 is 0 Å². The summed E-state index contributed by atoms with van der Waals surface area (Å²) in [7, 11) is 0. The number of para-hydroxylation sites is 2. The molecular weight excluding hydrogens is 615 g/mol. The van der Waals surface area contributed by atoms with Crippen LogP contribution in [0.3, 0.4) is 0 Å². The molecule has 5 nitrogen and oxygen atoms in total. The van der Waals surface area contributed by atoms with Crippen LogP contribution >= 0.6 is 0 Å². The van der Waals surface area contributed by atoms with Gasteiger partial charge in [0.2, 0.25) is 0 Å². The Bertz CT molecular complexity index is 2800. The Morgan fingerprint density at radius 2 is 0.900 bits per heavy atom. The maximum Gasteiger partial charge on any atom is 0.167 e. The van der Waals surface area contributed by atoms with E-state index >= 15 is 0 Å². The molecule has 0 aliphatic rings. The summed E-state index contributed by atoms with van der Waals surface area (Å²) in [6.45, 7) is 0. The lowest BCUT2D eigenvalue weighted by Crippen LogP contribution is -2.00. The van der Waals surface area contributed by atoms with Gasteiger partial charge in [0.25, 0.3) is 0 Å². The van der Waals surface area contributed by atoms with E-state index in [1.54, 1.807) is 0 Å². The van der Waals surface area contributed by atoms with Crippen molar-refractivity contribution in [1.29, 1.82) is 0 Å². The first-order chi connectivity index (χ1) is 24.8. The van der Waals surface area contributed by atoms with Crippen LogP contribution in [0.5, 0.6) is 0 Å². The van der Waals surface area contributed by atoms with Gasteiger partial charge in [0.1, 0.15) is 22.3 Å². The Hall–Kier alpha value is -6.85. The summed E-state index contributed by atoms with van der Waals surface area (Å²) < 4.78 is 13.3. The van der Waals surface area contributed by atoms with Crippen molar-refractivity contribution >= 4 is 43.9 Å². The lowest BCUT2D eigenvalue weighted by atomic mass is 9.94. The topological polar surface area (TPSA) is 65.0 Å². The largest absolute Gasteiger partial charge is 0.455 e. The molecular formula is C45H27N3O2. The van der Waals surface area contributed by atoms with Crippen LogP contribution < -0.4 is 0 Å². The van der Waals surface area contributed by atoms with E-state index in [1.807, 2.05) is 91.0 Å². The van der Waals surface area contributed by atoms with Crippen LogP contribution in [0.1, 0.15) is 0 Å². The summed E-state index contributed by atoms with van der Waals surface area (Å²) in [6.07, 6.45) is 0. The van der Waals surface area contributed by atoms with Gasteiger partial charge in [0.15, 0.2) is 17.5 Å². The van der Waals surface area contributed by atoms with E-state index in [0.29, 0.717) is 17.5 Å². The minimum Gasteiger partial charge on any atom is -0.455 e. The van der Waals surface area contributed by atoms with Gasteiger partial charge in [-0.15, -0.1) is 0 Å². The monoisotopic (exact) mass is 641 g/mol. The van der Waals surface area contributed by atoms with Crippen molar-refractivity contribution in [3.63, 3.8) is 0 Å². The van der Waals surface area contributed by atoms with E-state index in [0.717, 1.165) is 82.8 Å². The van der Waals surface area contributed by atoms with E-state index in [2.05, 4.69) is 72.8 Å². The number of benzene rings is 7. The average Bonchev–Trinajstić information content (AvgIpc) is 3.77. The van der Waals surface area contributed by atoms with Gasteiger partial charge in [-0.2, -0.15) is 0 Å². The molecule has 10 aromatic rings. The van der Waals surface area contributed by atoms with Crippen molar-refractivity contribution in [1.82, 2.24) is 15.0 Å². The molecule has 0 unspecified atom stereocenters. The number of hydrogen-bond donors (Lipinski definition) is 0. The number of nitrogens with zero attached hydrogens (tertiary/aromatic N) is 3. The molecule has 0 saturated carbocycles. The summed E-state index contributed by atoms with van der Waals surface area (Å²) in [5.74, 6) is 1.78. The standard InChI is InChI=1S/C45H27N3O2/c1-4-13-28(14-5-1)33-26-25-32(40-36-19-10-11-22-38(36)49-42(33)40)31-23-24-34-35-20-12-21-37(41(35)50-39(34)27-31)45-47-43(29-15-6-2-7-16-29)46-44(48-45)30-17-8-3-9-18-30/h1-27H. The first-order valence-electron chi connectivity index (χ1n) is 16.6. The highest BCUT2D eigenvalue weighted by molar-refractivity contribution is 6.17. The normalized spacial score (nSPS) is 11.6. The Morgan fingerprint density at radius 3 is 1.62 bits per heavy atom. The second kappa shape index (κ2) is 11.4. The lowest BCUT2D eigenvalue weighted by molar-refractivity contribution is 0.669. The third-order valence-electron chi connectivity index (χ3n) is 9.36. The fourth-order valence-corrected chi connectivity index (χ4v) is 6.98. The zero-order valence-corrected chi connectivity index (χ0v) is 26.7. The molecule has 0 N–H and O–H groups in total. The molecule has 0 aliphatic carbocycles. The van der Waals surface area contributed by atoms with Gasteiger partial charge in [-0.3, -0.25) is 0 Å². The Kier molecular flexibility index (Phi) is 6.42. The average molecular weight is 642 g/mol. The summed E-state index contributed by atoms with van der Waals surface area (Å²) >= 11 is 0. The van der Waals surface area contributed by atoms with Crippen molar-refractivity contribution < 1.29 is 8.83 Å². The molecule has 10 rings (SSSR count). The molecule has 0 bridgehead atoms. The minimum absolute atomic E-state index is 0.561. The predicted octanol–water partition coefficient (Wildman–Crippen LogP) is 12.0. The molecule has 0 aliphatic heterocycles. The number of aromatic nitrogens is 3. The maximum absolute atomic E-state index is 6.74. The van der Waals surface area contributed by atoms with Gasteiger partial charge in [0, 0.05) is 38.2 Å². The fraction of sp³-hybridized carbons (Fsp3) is 0. The highest BCUT2D eigenvalue weighted by atomic mass is 16.3. The Labute approximate surface area is 287 Å². The van der Waals surface area contributed by atoms with E-state index in [9.17, 15) is 0 Å². The zero-order chi connectivity index (χ0) is 33.0.